The second kappa shape index (κ2) is 7.07. The van der Waals surface area contributed by atoms with Crippen molar-refractivity contribution in [2.45, 2.75) is 63.8 Å². The van der Waals surface area contributed by atoms with Crippen molar-refractivity contribution >= 4 is 11.9 Å². The number of hydrogen-bond donors (Lipinski definition) is 3. The van der Waals surface area contributed by atoms with Crippen molar-refractivity contribution in [1.29, 1.82) is 0 Å². The van der Waals surface area contributed by atoms with E-state index in [2.05, 4.69) is 10.6 Å². The van der Waals surface area contributed by atoms with Gasteiger partial charge in [-0.3, -0.25) is 9.59 Å². The van der Waals surface area contributed by atoms with Gasteiger partial charge in [0.15, 0.2) is 0 Å². The van der Waals surface area contributed by atoms with E-state index in [0.717, 1.165) is 32.2 Å². The molecule has 0 radical (unpaired) electrons. The van der Waals surface area contributed by atoms with Gasteiger partial charge in [0.05, 0.1) is 6.42 Å². The van der Waals surface area contributed by atoms with Gasteiger partial charge in [0, 0.05) is 25.6 Å². The Hall–Kier alpha value is -1.10. The van der Waals surface area contributed by atoms with Crippen LogP contribution in [0.1, 0.15) is 57.8 Å². The number of carboxylic acids is 1. The molecular formula is C15H26N2O3. The van der Waals surface area contributed by atoms with Crippen LogP contribution in [0.3, 0.4) is 0 Å². The second-order valence-corrected chi connectivity index (χ2v) is 6.39. The first-order valence-electron chi connectivity index (χ1n) is 7.82. The molecule has 2 aliphatic rings. The molecule has 1 amide bonds. The Kier molecular flexibility index (Phi) is 5.40. The van der Waals surface area contributed by atoms with Gasteiger partial charge in [-0.15, -0.1) is 0 Å². The van der Waals surface area contributed by atoms with Crippen molar-refractivity contribution in [3.05, 3.63) is 0 Å². The molecule has 0 aromatic carbocycles. The van der Waals surface area contributed by atoms with Crippen molar-refractivity contribution in [2.75, 3.05) is 13.1 Å². The molecule has 0 unspecified atom stereocenters. The number of nitrogens with one attached hydrogen (secondary N) is 2. The van der Waals surface area contributed by atoms with Crippen LogP contribution in [0.4, 0.5) is 0 Å². The van der Waals surface area contributed by atoms with Crippen molar-refractivity contribution < 1.29 is 14.7 Å². The SMILES string of the molecule is O=C(O)CC1(CNC(=O)CCNC2CC2)CCCCC1. The van der Waals surface area contributed by atoms with Gasteiger partial charge < -0.3 is 15.7 Å². The summed E-state index contributed by atoms with van der Waals surface area (Å²) in [5.41, 5.74) is -0.219. The minimum Gasteiger partial charge on any atom is -0.481 e. The van der Waals surface area contributed by atoms with E-state index in [1.54, 1.807) is 0 Å². The molecular weight excluding hydrogens is 256 g/mol. The largest absolute Gasteiger partial charge is 0.481 e. The fourth-order valence-corrected chi connectivity index (χ4v) is 3.09. The Morgan fingerprint density at radius 3 is 2.45 bits per heavy atom. The average molecular weight is 282 g/mol. The topological polar surface area (TPSA) is 78.4 Å². The molecule has 0 heterocycles. The van der Waals surface area contributed by atoms with Crippen LogP contribution >= 0.6 is 0 Å². The van der Waals surface area contributed by atoms with Crippen LogP contribution in [0.25, 0.3) is 0 Å². The van der Waals surface area contributed by atoms with E-state index in [1.165, 1.54) is 19.3 Å². The molecule has 114 valence electrons. The lowest BCUT2D eigenvalue weighted by atomic mass is 9.71. The highest BCUT2D eigenvalue weighted by molar-refractivity contribution is 5.76. The fraction of sp³-hybridized carbons (Fsp3) is 0.867. The quantitative estimate of drug-likeness (QED) is 0.633. The third-order valence-electron chi connectivity index (χ3n) is 4.46. The van der Waals surface area contributed by atoms with Crippen LogP contribution in [-0.4, -0.2) is 36.1 Å². The molecule has 3 N–H and O–H groups in total. The van der Waals surface area contributed by atoms with Crippen molar-refractivity contribution in [3.8, 4) is 0 Å². The molecule has 0 bridgehead atoms. The van der Waals surface area contributed by atoms with Crippen LogP contribution in [-0.2, 0) is 9.59 Å². The normalized spacial score (nSPS) is 21.4. The number of aliphatic carboxylic acids is 1. The third kappa shape index (κ3) is 5.12. The lowest BCUT2D eigenvalue weighted by Gasteiger charge is -2.36. The summed E-state index contributed by atoms with van der Waals surface area (Å²) in [5, 5.41) is 15.3. The van der Waals surface area contributed by atoms with Gasteiger partial charge in [-0.05, 0) is 31.1 Å². The lowest BCUT2D eigenvalue weighted by molar-refractivity contribution is -0.140. The van der Waals surface area contributed by atoms with Gasteiger partial charge in [0.2, 0.25) is 5.91 Å². The summed E-state index contributed by atoms with van der Waals surface area (Å²) in [4.78, 5) is 22.9. The Labute approximate surface area is 120 Å². The van der Waals surface area contributed by atoms with E-state index in [1.807, 2.05) is 0 Å². The van der Waals surface area contributed by atoms with Crippen molar-refractivity contribution in [2.24, 2.45) is 5.41 Å². The van der Waals surface area contributed by atoms with Crippen LogP contribution in [0.15, 0.2) is 0 Å². The molecule has 2 rings (SSSR count). The summed E-state index contributed by atoms with van der Waals surface area (Å²) in [6.45, 7) is 1.24. The summed E-state index contributed by atoms with van der Waals surface area (Å²) in [6.07, 6.45) is 8.28. The van der Waals surface area contributed by atoms with E-state index in [4.69, 9.17) is 5.11 Å². The number of hydrogen-bond acceptors (Lipinski definition) is 3. The number of carbonyl (C=O) groups excluding carboxylic acids is 1. The second-order valence-electron chi connectivity index (χ2n) is 6.39. The Balaban J connectivity index is 1.72. The smallest absolute Gasteiger partial charge is 0.303 e. The highest BCUT2D eigenvalue weighted by Gasteiger charge is 2.34. The molecule has 0 aliphatic heterocycles. The van der Waals surface area contributed by atoms with Gasteiger partial charge in [0.1, 0.15) is 0 Å². The molecule has 0 aromatic rings. The summed E-state index contributed by atoms with van der Waals surface area (Å²) in [6, 6.07) is 0.625. The number of amides is 1. The molecule has 20 heavy (non-hydrogen) atoms. The van der Waals surface area contributed by atoms with Crippen LogP contribution < -0.4 is 10.6 Å². The first kappa shape index (κ1) is 15.3. The first-order valence-corrected chi connectivity index (χ1v) is 7.82. The third-order valence-corrected chi connectivity index (χ3v) is 4.46. The van der Waals surface area contributed by atoms with Gasteiger partial charge in [-0.2, -0.15) is 0 Å². The van der Waals surface area contributed by atoms with Crippen molar-refractivity contribution in [1.82, 2.24) is 10.6 Å². The number of carboxylic acid groups (broad SMARTS) is 1. The molecule has 2 aliphatic carbocycles. The molecule has 0 saturated heterocycles. The zero-order chi connectivity index (χ0) is 14.4. The van der Waals surface area contributed by atoms with Gasteiger partial charge in [-0.25, -0.2) is 0 Å². The summed E-state index contributed by atoms with van der Waals surface area (Å²) >= 11 is 0. The summed E-state index contributed by atoms with van der Waals surface area (Å²) < 4.78 is 0. The Morgan fingerprint density at radius 2 is 1.85 bits per heavy atom. The van der Waals surface area contributed by atoms with Gasteiger partial charge >= 0.3 is 5.97 Å². The molecule has 2 fully saturated rings. The molecule has 5 heteroatoms. The maximum atomic E-state index is 11.8. The van der Waals surface area contributed by atoms with E-state index in [-0.39, 0.29) is 17.7 Å². The van der Waals surface area contributed by atoms with E-state index in [0.29, 0.717) is 19.0 Å². The maximum Gasteiger partial charge on any atom is 0.303 e. The predicted octanol–water partition coefficient (Wildman–Crippen LogP) is 1.67. The van der Waals surface area contributed by atoms with E-state index in [9.17, 15) is 9.59 Å². The fourth-order valence-electron chi connectivity index (χ4n) is 3.09. The molecule has 0 aromatic heterocycles. The highest BCUT2D eigenvalue weighted by Crippen LogP contribution is 2.38. The van der Waals surface area contributed by atoms with Crippen LogP contribution in [0, 0.1) is 5.41 Å². The zero-order valence-corrected chi connectivity index (χ0v) is 12.1. The van der Waals surface area contributed by atoms with Crippen LogP contribution in [0.5, 0.6) is 0 Å². The molecule has 2 saturated carbocycles. The summed E-state index contributed by atoms with van der Waals surface area (Å²) in [5.74, 6) is -0.718. The number of carbonyl (C=O) groups is 2. The van der Waals surface area contributed by atoms with Crippen molar-refractivity contribution in [3.63, 3.8) is 0 Å². The van der Waals surface area contributed by atoms with Gasteiger partial charge in [0.25, 0.3) is 0 Å². The predicted molar refractivity (Wildman–Crippen MR) is 76.4 cm³/mol. The van der Waals surface area contributed by atoms with E-state index < -0.39 is 5.97 Å². The molecule has 0 atom stereocenters. The highest BCUT2D eigenvalue weighted by atomic mass is 16.4. The molecule has 5 nitrogen and oxygen atoms in total. The van der Waals surface area contributed by atoms with E-state index >= 15 is 0 Å². The lowest BCUT2D eigenvalue weighted by Crippen LogP contribution is -2.41. The minimum atomic E-state index is -0.753. The first-order chi connectivity index (χ1) is 9.60. The maximum absolute atomic E-state index is 11.8. The summed E-state index contributed by atoms with van der Waals surface area (Å²) in [7, 11) is 0. The Morgan fingerprint density at radius 1 is 1.15 bits per heavy atom. The van der Waals surface area contributed by atoms with Gasteiger partial charge in [-0.1, -0.05) is 19.3 Å². The zero-order valence-electron chi connectivity index (χ0n) is 12.1. The Bertz CT molecular complexity index is 347. The average Bonchev–Trinajstić information content (AvgIpc) is 3.21. The standard InChI is InChI=1S/C15H26N2O3/c18-13(6-9-16-12-4-5-12)17-11-15(10-14(19)20)7-2-1-3-8-15/h12,16H,1-11H2,(H,17,18)(H,19,20). The van der Waals surface area contributed by atoms with Crippen LogP contribution in [0.2, 0.25) is 0 Å². The minimum absolute atomic E-state index is 0.0356. The monoisotopic (exact) mass is 282 g/mol. The number of rotatable bonds is 8. The molecule has 0 spiro atoms.